The highest BCUT2D eigenvalue weighted by Crippen LogP contribution is 2.31. The van der Waals surface area contributed by atoms with Crippen molar-refractivity contribution in [2.45, 2.75) is 18.5 Å². The van der Waals surface area contributed by atoms with E-state index >= 15 is 0 Å². The predicted octanol–water partition coefficient (Wildman–Crippen LogP) is 1.67. The van der Waals surface area contributed by atoms with Crippen molar-refractivity contribution in [2.24, 2.45) is 0 Å². The second-order valence-corrected chi connectivity index (χ2v) is 6.57. The van der Waals surface area contributed by atoms with Gasteiger partial charge in [0.05, 0.1) is 5.51 Å². The number of aromatic nitrogens is 1. The molecule has 1 aromatic heterocycles. The van der Waals surface area contributed by atoms with E-state index in [9.17, 15) is 0 Å². The monoisotopic (exact) mass is 257 g/mol. The number of thiazole rings is 1. The smallest absolute Gasteiger partial charge is 0.0794 e. The van der Waals surface area contributed by atoms with Crippen LogP contribution in [0.3, 0.4) is 0 Å². The Kier molecular flexibility index (Phi) is 4.24. The summed E-state index contributed by atoms with van der Waals surface area (Å²) < 4.78 is 0. The van der Waals surface area contributed by atoms with Crippen LogP contribution in [-0.2, 0) is 6.54 Å². The van der Waals surface area contributed by atoms with Crippen LogP contribution in [0.5, 0.6) is 0 Å². The van der Waals surface area contributed by atoms with Crippen molar-refractivity contribution in [3.05, 3.63) is 16.6 Å². The average Bonchev–Trinajstić information content (AvgIpc) is 2.88. The summed E-state index contributed by atoms with van der Waals surface area (Å²) >= 11 is 3.79. The fraction of sp³-hybridized carbons (Fsp3) is 0.727. The van der Waals surface area contributed by atoms with Crippen molar-refractivity contribution in [3.63, 3.8) is 0 Å². The number of nitrogens with zero attached hydrogens (tertiary/aromatic N) is 2. The summed E-state index contributed by atoms with van der Waals surface area (Å²) in [6.07, 6.45) is 3.24. The fourth-order valence-electron chi connectivity index (χ4n) is 1.99. The minimum absolute atomic E-state index is 0.357. The van der Waals surface area contributed by atoms with Gasteiger partial charge in [-0.25, -0.2) is 0 Å². The lowest BCUT2D eigenvalue weighted by Crippen LogP contribution is -2.51. The van der Waals surface area contributed by atoms with Crippen molar-refractivity contribution in [1.29, 1.82) is 0 Å². The molecule has 2 rings (SSSR count). The second-order valence-electron chi connectivity index (χ2n) is 4.49. The van der Waals surface area contributed by atoms with Crippen LogP contribution >= 0.6 is 23.1 Å². The molecule has 1 aromatic rings. The van der Waals surface area contributed by atoms with Crippen LogP contribution in [0.4, 0.5) is 0 Å². The molecule has 1 aliphatic rings. The lowest BCUT2D eigenvalue weighted by Gasteiger charge is -2.35. The quantitative estimate of drug-likeness (QED) is 0.868. The average molecular weight is 257 g/mol. The zero-order valence-electron chi connectivity index (χ0n) is 9.90. The van der Waals surface area contributed by atoms with Crippen LogP contribution in [0.25, 0.3) is 0 Å². The summed E-state index contributed by atoms with van der Waals surface area (Å²) in [6.45, 7) is 2.02. The first-order chi connectivity index (χ1) is 7.73. The molecule has 2 heterocycles. The number of thioether (sulfide) groups is 1. The van der Waals surface area contributed by atoms with Crippen LogP contribution in [0.2, 0.25) is 0 Å². The zero-order chi connectivity index (χ0) is 11.4. The van der Waals surface area contributed by atoms with Gasteiger partial charge in [0.15, 0.2) is 0 Å². The number of hydrogen-bond donors (Lipinski definition) is 1. The van der Waals surface area contributed by atoms with Crippen molar-refractivity contribution in [1.82, 2.24) is 15.2 Å². The SMILES string of the molecule is CN(C)C1(CNCc2cncs2)CCSC1. The minimum Gasteiger partial charge on any atom is -0.310 e. The van der Waals surface area contributed by atoms with Crippen molar-refractivity contribution >= 4 is 23.1 Å². The van der Waals surface area contributed by atoms with E-state index in [0.29, 0.717) is 5.54 Å². The van der Waals surface area contributed by atoms with Gasteiger partial charge in [0.2, 0.25) is 0 Å². The fourth-order valence-corrected chi connectivity index (χ4v) is 4.11. The molecule has 1 atom stereocenters. The van der Waals surface area contributed by atoms with E-state index in [1.165, 1.54) is 22.8 Å². The maximum atomic E-state index is 4.09. The van der Waals surface area contributed by atoms with Gasteiger partial charge in [-0.15, -0.1) is 11.3 Å². The van der Waals surface area contributed by atoms with Gasteiger partial charge in [0, 0.05) is 35.5 Å². The highest BCUT2D eigenvalue weighted by molar-refractivity contribution is 7.99. The van der Waals surface area contributed by atoms with Crippen LogP contribution in [0, 0.1) is 0 Å². The largest absolute Gasteiger partial charge is 0.310 e. The molecule has 0 amide bonds. The lowest BCUT2D eigenvalue weighted by atomic mass is 9.97. The number of hydrogen-bond acceptors (Lipinski definition) is 5. The lowest BCUT2D eigenvalue weighted by molar-refractivity contribution is 0.175. The van der Waals surface area contributed by atoms with E-state index in [-0.39, 0.29) is 0 Å². The third-order valence-corrected chi connectivity index (χ3v) is 5.28. The van der Waals surface area contributed by atoms with Gasteiger partial charge in [0.25, 0.3) is 0 Å². The highest BCUT2D eigenvalue weighted by atomic mass is 32.2. The molecule has 1 N–H and O–H groups in total. The first-order valence-electron chi connectivity index (χ1n) is 5.56. The maximum absolute atomic E-state index is 4.09. The molecule has 0 aliphatic carbocycles. The molecule has 1 fully saturated rings. The Labute approximate surface area is 106 Å². The van der Waals surface area contributed by atoms with E-state index in [1.54, 1.807) is 11.3 Å². The molecule has 90 valence electrons. The number of likely N-dealkylation sites (N-methyl/N-ethyl adjacent to an activating group) is 1. The molecule has 0 radical (unpaired) electrons. The van der Waals surface area contributed by atoms with Gasteiger partial charge in [0.1, 0.15) is 0 Å². The molecule has 0 aromatic carbocycles. The summed E-state index contributed by atoms with van der Waals surface area (Å²) in [5.74, 6) is 2.54. The van der Waals surface area contributed by atoms with E-state index in [0.717, 1.165) is 13.1 Å². The second kappa shape index (κ2) is 5.49. The molecule has 0 saturated carbocycles. The van der Waals surface area contributed by atoms with E-state index in [4.69, 9.17) is 0 Å². The first kappa shape index (κ1) is 12.4. The zero-order valence-corrected chi connectivity index (χ0v) is 11.5. The number of rotatable bonds is 5. The molecule has 3 nitrogen and oxygen atoms in total. The van der Waals surface area contributed by atoms with Gasteiger partial charge in [-0.1, -0.05) is 0 Å². The topological polar surface area (TPSA) is 28.2 Å². The predicted molar refractivity (Wildman–Crippen MR) is 72.2 cm³/mol. The van der Waals surface area contributed by atoms with Crippen LogP contribution in [-0.4, -0.2) is 47.6 Å². The molecule has 0 bridgehead atoms. The van der Waals surface area contributed by atoms with Crippen molar-refractivity contribution in [2.75, 3.05) is 32.1 Å². The van der Waals surface area contributed by atoms with Gasteiger partial charge in [-0.3, -0.25) is 4.98 Å². The minimum atomic E-state index is 0.357. The summed E-state index contributed by atoms with van der Waals surface area (Å²) in [5, 5.41) is 3.57. The maximum Gasteiger partial charge on any atom is 0.0794 e. The van der Waals surface area contributed by atoms with Crippen molar-refractivity contribution in [3.8, 4) is 0 Å². The Morgan fingerprint density at radius 1 is 1.56 bits per heavy atom. The molecule has 1 saturated heterocycles. The van der Waals surface area contributed by atoms with Gasteiger partial charge < -0.3 is 10.2 Å². The Bertz CT molecular complexity index is 305. The van der Waals surface area contributed by atoms with E-state index < -0.39 is 0 Å². The summed E-state index contributed by atoms with van der Waals surface area (Å²) in [6, 6.07) is 0. The summed E-state index contributed by atoms with van der Waals surface area (Å²) in [5.41, 5.74) is 2.25. The van der Waals surface area contributed by atoms with Crippen LogP contribution < -0.4 is 5.32 Å². The molecule has 1 unspecified atom stereocenters. The Balaban J connectivity index is 1.83. The van der Waals surface area contributed by atoms with Crippen LogP contribution in [0.1, 0.15) is 11.3 Å². The summed E-state index contributed by atoms with van der Waals surface area (Å²) in [4.78, 5) is 7.79. The Hall–Kier alpha value is -0.100. The molecular formula is C11H19N3S2. The van der Waals surface area contributed by atoms with E-state index in [1.807, 2.05) is 11.7 Å². The van der Waals surface area contributed by atoms with Gasteiger partial charge in [-0.05, 0) is 26.3 Å². The molecule has 1 aliphatic heterocycles. The van der Waals surface area contributed by atoms with E-state index in [2.05, 4.69) is 41.1 Å². The molecule has 5 heteroatoms. The van der Waals surface area contributed by atoms with Crippen molar-refractivity contribution < 1.29 is 0 Å². The van der Waals surface area contributed by atoms with Crippen LogP contribution in [0.15, 0.2) is 11.7 Å². The van der Waals surface area contributed by atoms with Gasteiger partial charge in [-0.2, -0.15) is 11.8 Å². The number of nitrogens with one attached hydrogen (secondary N) is 1. The Morgan fingerprint density at radius 2 is 2.44 bits per heavy atom. The van der Waals surface area contributed by atoms with Gasteiger partial charge >= 0.3 is 0 Å². The first-order valence-corrected chi connectivity index (χ1v) is 7.60. The standard InChI is InChI=1S/C11H19N3S2/c1-14(2)11(3-4-15-8-11)7-12-5-10-6-13-9-16-10/h6,9,12H,3-5,7-8H2,1-2H3. The third kappa shape index (κ3) is 2.77. The summed E-state index contributed by atoms with van der Waals surface area (Å²) in [7, 11) is 4.39. The molecular weight excluding hydrogens is 238 g/mol. The molecule has 16 heavy (non-hydrogen) atoms. The Morgan fingerprint density at radius 3 is 3.00 bits per heavy atom. The highest BCUT2D eigenvalue weighted by Gasteiger charge is 2.35. The third-order valence-electron chi connectivity index (χ3n) is 3.27. The normalized spacial score (nSPS) is 25.4. The molecule has 0 spiro atoms.